The second-order valence-electron chi connectivity index (χ2n) is 4.32. The van der Waals surface area contributed by atoms with Gasteiger partial charge >= 0.3 is 0 Å². The molecule has 0 radical (unpaired) electrons. The van der Waals surface area contributed by atoms with Gasteiger partial charge in [-0.3, -0.25) is 0 Å². The Morgan fingerprint density at radius 1 is 1.35 bits per heavy atom. The lowest BCUT2D eigenvalue weighted by atomic mass is 10.1. The standard InChI is InChI=1S/C13H19FN2O/c1-10(15-2)11-3-4-13(12(14)9-11)16-5-7-17-8-6-16/h3-4,9-10,15H,5-8H2,1-2H3/t10-/m0/s1. The van der Waals surface area contributed by atoms with Crippen molar-refractivity contribution < 1.29 is 9.13 Å². The fourth-order valence-corrected chi connectivity index (χ4v) is 2.02. The maximum absolute atomic E-state index is 14.0. The van der Waals surface area contributed by atoms with Gasteiger partial charge in [0.2, 0.25) is 0 Å². The second kappa shape index (κ2) is 5.47. The molecular weight excluding hydrogens is 219 g/mol. The van der Waals surface area contributed by atoms with Gasteiger partial charge in [-0.2, -0.15) is 0 Å². The summed E-state index contributed by atoms with van der Waals surface area (Å²) in [4.78, 5) is 2.03. The second-order valence-corrected chi connectivity index (χ2v) is 4.32. The number of benzene rings is 1. The summed E-state index contributed by atoms with van der Waals surface area (Å²) >= 11 is 0. The van der Waals surface area contributed by atoms with Gasteiger partial charge < -0.3 is 15.0 Å². The predicted molar refractivity (Wildman–Crippen MR) is 66.9 cm³/mol. The highest BCUT2D eigenvalue weighted by atomic mass is 19.1. The van der Waals surface area contributed by atoms with E-state index in [-0.39, 0.29) is 11.9 Å². The summed E-state index contributed by atoms with van der Waals surface area (Å²) in [6.07, 6.45) is 0. The topological polar surface area (TPSA) is 24.5 Å². The lowest BCUT2D eigenvalue weighted by Crippen LogP contribution is -2.36. The molecule has 1 aliphatic rings. The van der Waals surface area contributed by atoms with Crippen LogP contribution in [0, 0.1) is 5.82 Å². The average molecular weight is 238 g/mol. The first kappa shape index (κ1) is 12.3. The molecular formula is C13H19FN2O. The van der Waals surface area contributed by atoms with Gasteiger partial charge in [-0.1, -0.05) is 6.07 Å². The largest absolute Gasteiger partial charge is 0.378 e. The molecule has 0 unspecified atom stereocenters. The SMILES string of the molecule is CN[C@@H](C)c1ccc(N2CCOCC2)c(F)c1. The minimum atomic E-state index is -0.147. The van der Waals surface area contributed by atoms with Gasteiger partial charge in [-0.15, -0.1) is 0 Å². The summed E-state index contributed by atoms with van der Waals surface area (Å²) < 4.78 is 19.3. The number of nitrogens with zero attached hydrogens (tertiary/aromatic N) is 1. The van der Waals surface area contributed by atoms with Crippen LogP contribution in [-0.4, -0.2) is 33.4 Å². The van der Waals surface area contributed by atoms with E-state index in [0.29, 0.717) is 18.9 Å². The van der Waals surface area contributed by atoms with Crippen molar-refractivity contribution in [1.29, 1.82) is 0 Å². The zero-order chi connectivity index (χ0) is 12.3. The normalized spacial score (nSPS) is 18.2. The maximum atomic E-state index is 14.0. The molecule has 0 amide bonds. The number of nitrogens with one attached hydrogen (secondary N) is 1. The Kier molecular flexibility index (Phi) is 3.97. The van der Waals surface area contributed by atoms with E-state index in [1.807, 2.05) is 31.0 Å². The summed E-state index contributed by atoms with van der Waals surface area (Å²) in [5.74, 6) is -0.147. The third kappa shape index (κ3) is 2.76. The molecule has 0 aliphatic carbocycles. The summed E-state index contributed by atoms with van der Waals surface area (Å²) in [5.41, 5.74) is 1.65. The van der Waals surface area contributed by atoms with E-state index in [2.05, 4.69) is 5.32 Å². The van der Waals surface area contributed by atoms with E-state index in [0.717, 1.165) is 18.7 Å². The molecule has 0 bridgehead atoms. The van der Waals surface area contributed by atoms with Crippen LogP contribution in [-0.2, 0) is 4.74 Å². The summed E-state index contributed by atoms with van der Waals surface area (Å²) in [5, 5.41) is 3.11. The molecule has 1 saturated heterocycles. The van der Waals surface area contributed by atoms with Crippen molar-refractivity contribution in [3.8, 4) is 0 Å². The van der Waals surface area contributed by atoms with Gasteiger partial charge in [-0.25, -0.2) is 4.39 Å². The number of hydrogen-bond acceptors (Lipinski definition) is 3. The third-order valence-corrected chi connectivity index (χ3v) is 3.26. The van der Waals surface area contributed by atoms with E-state index in [9.17, 15) is 4.39 Å². The molecule has 2 rings (SSSR count). The summed E-state index contributed by atoms with van der Waals surface area (Å²) in [6.45, 7) is 4.89. The van der Waals surface area contributed by atoms with Crippen molar-refractivity contribution in [2.24, 2.45) is 0 Å². The molecule has 1 aliphatic heterocycles. The van der Waals surface area contributed by atoms with Crippen LogP contribution in [0.2, 0.25) is 0 Å². The van der Waals surface area contributed by atoms with E-state index >= 15 is 0 Å². The van der Waals surface area contributed by atoms with Gasteiger partial charge in [0, 0.05) is 19.1 Å². The monoisotopic (exact) mass is 238 g/mol. The van der Waals surface area contributed by atoms with Gasteiger partial charge in [0.1, 0.15) is 5.82 Å². The molecule has 1 fully saturated rings. The Hall–Kier alpha value is -1.13. The lowest BCUT2D eigenvalue weighted by Gasteiger charge is -2.29. The van der Waals surface area contributed by atoms with Crippen LogP contribution < -0.4 is 10.2 Å². The zero-order valence-corrected chi connectivity index (χ0v) is 10.4. The van der Waals surface area contributed by atoms with Gasteiger partial charge in [0.25, 0.3) is 0 Å². The van der Waals surface area contributed by atoms with Gasteiger partial charge in [0.05, 0.1) is 18.9 Å². The van der Waals surface area contributed by atoms with Gasteiger partial charge in [0.15, 0.2) is 0 Å². The van der Waals surface area contributed by atoms with Crippen molar-refractivity contribution in [1.82, 2.24) is 5.32 Å². The summed E-state index contributed by atoms with van der Waals surface area (Å²) in [7, 11) is 1.87. The number of hydrogen-bond donors (Lipinski definition) is 1. The first-order valence-electron chi connectivity index (χ1n) is 6.02. The molecule has 1 N–H and O–H groups in total. The maximum Gasteiger partial charge on any atom is 0.146 e. The highest BCUT2D eigenvalue weighted by Gasteiger charge is 2.16. The van der Waals surface area contributed by atoms with Crippen LogP contribution in [0.1, 0.15) is 18.5 Å². The Labute approximate surface area is 102 Å². The van der Waals surface area contributed by atoms with Crippen LogP contribution in [0.25, 0.3) is 0 Å². The van der Waals surface area contributed by atoms with Crippen LogP contribution in [0.3, 0.4) is 0 Å². The van der Waals surface area contributed by atoms with Crippen LogP contribution in [0.4, 0.5) is 10.1 Å². The molecule has 1 heterocycles. The van der Waals surface area contributed by atoms with Crippen molar-refractivity contribution in [2.75, 3.05) is 38.3 Å². The molecule has 1 atom stereocenters. The van der Waals surface area contributed by atoms with Crippen molar-refractivity contribution in [2.45, 2.75) is 13.0 Å². The molecule has 0 saturated carbocycles. The fourth-order valence-electron chi connectivity index (χ4n) is 2.02. The van der Waals surface area contributed by atoms with E-state index in [1.54, 1.807) is 6.07 Å². The number of ether oxygens (including phenoxy) is 1. The van der Waals surface area contributed by atoms with E-state index in [1.165, 1.54) is 0 Å². The number of halogens is 1. The fraction of sp³-hybridized carbons (Fsp3) is 0.538. The Balaban J connectivity index is 2.18. The van der Waals surface area contributed by atoms with Crippen molar-refractivity contribution in [3.05, 3.63) is 29.6 Å². The zero-order valence-electron chi connectivity index (χ0n) is 10.4. The average Bonchev–Trinajstić information content (AvgIpc) is 2.38. The van der Waals surface area contributed by atoms with Crippen LogP contribution in [0.5, 0.6) is 0 Å². The highest BCUT2D eigenvalue weighted by molar-refractivity contribution is 5.49. The Morgan fingerprint density at radius 3 is 2.65 bits per heavy atom. The smallest absolute Gasteiger partial charge is 0.146 e. The molecule has 1 aromatic rings. The highest BCUT2D eigenvalue weighted by Crippen LogP contribution is 2.24. The van der Waals surface area contributed by atoms with Crippen LogP contribution in [0.15, 0.2) is 18.2 Å². The third-order valence-electron chi connectivity index (χ3n) is 3.26. The first-order valence-corrected chi connectivity index (χ1v) is 6.02. The molecule has 1 aromatic carbocycles. The Bertz CT molecular complexity index is 378. The molecule has 94 valence electrons. The Morgan fingerprint density at radius 2 is 2.06 bits per heavy atom. The number of morpholine rings is 1. The van der Waals surface area contributed by atoms with Crippen molar-refractivity contribution >= 4 is 5.69 Å². The van der Waals surface area contributed by atoms with Crippen molar-refractivity contribution in [3.63, 3.8) is 0 Å². The van der Waals surface area contributed by atoms with E-state index in [4.69, 9.17) is 4.74 Å². The van der Waals surface area contributed by atoms with Crippen LogP contribution >= 0.6 is 0 Å². The molecule has 3 nitrogen and oxygen atoms in total. The molecule has 0 spiro atoms. The van der Waals surface area contributed by atoms with E-state index < -0.39 is 0 Å². The predicted octanol–water partition coefficient (Wildman–Crippen LogP) is 1.94. The molecule has 4 heteroatoms. The summed E-state index contributed by atoms with van der Waals surface area (Å²) in [6, 6.07) is 5.63. The minimum Gasteiger partial charge on any atom is -0.378 e. The number of anilines is 1. The molecule has 0 aromatic heterocycles. The lowest BCUT2D eigenvalue weighted by molar-refractivity contribution is 0.122. The van der Waals surface area contributed by atoms with Gasteiger partial charge in [-0.05, 0) is 31.7 Å². The minimum absolute atomic E-state index is 0.147. The molecule has 17 heavy (non-hydrogen) atoms. The number of rotatable bonds is 3. The first-order chi connectivity index (χ1) is 8.22. The quantitative estimate of drug-likeness (QED) is 0.871.